The zero-order chi connectivity index (χ0) is 11.4. The second-order valence-corrected chi connectivity index (χ2v) is 4.47. The summed E-state index contributed by atoms with van der Waals surface area (Å²) in [7, 11) is 0. The first-order valence-corrected chi connectivity index (χ1v) is 6.17. The Balaban J connectivity index is 2.09. The topological polar surface area (TPSA) is 38.0 Å². The van der Waals surface area contributed by atoms with E-state index in [1.54, 1.807) is 6.20 Å². The highest BCUT2D eigenvalue weighted by molar-refractivity contribution is 5.08. The first-order chi connectivity index (χ1) is 7.83. The van der Waals surface area contributed by atoms with E-state index in [1.165, 1.54) is 0 Å². The number of aromatic nitrogens is 2. The van der Waals surface area contributed by atoms with Crippen molar-refractivity contribution >= 4 is 0 Å². The van der Waals surface area contributed by atoms with Crippen LogP contribution in [0.5, 0.6) is 0 Å². The van der Waals surface area contributed by atoms with Crippen LogP contribution in [0.1, 0.15) is 44.4 Å². The molecule has 2 atom stereocenters. The first kappa shape index (κ1) is 11.4. The second kappa shape index (κ2) is 5.30. The number of allylic oxidation sites excluding steroid dienone is 2. The number of aliphatic hydroxyl groups is 1. The number of aryl methyl sites for hydroxylation is 1. The van der Waals surface area contributed by atoms with Gasteiger partial charge in [-0.15, -0.1) is 0 Å². The summed E-state index contributed by atoms with van der Waals surface area (Å²) in [6.45, 7) is 3.02. The van der Waals surface area contributed by atoms with E-state index >= 15 is 0 Å². The number of hydrogen-bond donors (Lipinski definition) is 1. The zero-order valence-electron chi connectivity index (χ0n) is 9.84. The third kappa shape index (κ3) is 2.35. The van der Waals surface area contributed by atoms with Crippen LogP contribution in [0.3, 0.4) is 0 Å². The molecule has 0 aromatic carbocycles. The number of nitrogens with zero attached hydrogens (tertiary/aromatic N) is 2. The maximum atomic E-state index is 10.3. The van der Waals surface area contributed by atoms with E-state index in [0.717, 1.165) is 37.9 Å². The van der Waals surface area contributed by atoms with Crippen LogP contribution in [0.4, 0.5) is 0 Å². The third-order valence-corrected chi connectivity index (χ3v) is 3.24. The molecule has 1 aromatic heterocycles. The first-order valence-electron chi connectivity index (χ1n) is 6.17. The highest BCUT2D eigenvalue weighted by Crippen LogP contribution is 2.31. The van der Waals surface area contributed by atoms with Crippen LogP contribution < -0.4 is 0 Å². The SMILES string of the molecule is CCCn1nccc1C(O)C1CC=CCC1. The standard InChI is InChI=1S/C13H20N2O/c1-2-10-15-12(8-9-14-15)13(16)11-6-4-3-5-7-11/h3-4,8-9,11,13,16H,2,5-7,10H2,1H3. The maximum absolute atomic E-state index is 10.3. The van der Waals surface area contributed by atoms with Gasteiger partial charge in [0.25, 0.3) is 0 Å². The minimum absolute atomic E-state index is 0.359. The van der Waals surface area contributed by atoms with Crippen LogP contribution in [0.25, 0.3) is 0 Å². The molecule has 2 unspecified atom stereocenters. The van der Waals surface area contributed by atoms with Crippen molar-refractivity contribution in [1.82, 2.24) is 9.78 Å². The van der Waals surface area contributed by atoms with Gasteiger partial charge < -0.3 is 5.11 Å². The zero-order valence-corrected chi connectivity index (χ0v) is 9.84. The van der Waals surface area contributed by atoms with Gasteiger partial charge >= 0.3 is 0 Å². The smallest absolute Gasteiger partial charge is 0.0987 e. The summed E-state index contributed by atoms with van der Waals surface area (Å²) in [5.74, 6) is 0.359. The Bertz CT molecular complexity index is 357. The predicted octanol–water partition coefficient (Wildman–Crippen LogP) is 2.68. The van der Waals surface area contributed by atoms with Gasteiger partial charge in [-0.3, -0.25) is 4.68 Å². The van der Waals surface area contributed by atoms with E-state index in [-0.39, 0.29) is 6.10 Å². The molecule has 0 bridgehead atoms. The monoisotopic (exact) mass is 220 g/mol. The molecule has 1 heterocycles. The van der Waals surface area contributed by atoms with Crippen LogP contribution in [-0.4, -0.2) is 14.9 Å². The van der Waals surface area contributed by atoms with Crippen molar-refractivity contribution in [2.75, 3.05) is 0 Å². The van der Waals surface area contributed by atoms with Gasteiger partial charge in [0.2, 0.25) is 0 Å². The molecule has 0 saturated carbocycles. The summed E-state index contributed by atoms with van der Waals surface area (Å²) in [6, 6.07) is 1.94. The lowest BCUT2D eigenvalue weighted by atomic mass is 9.88. The van der Waals surface area contributed by atoms with Crippen molar-refractivity contribution < 1.29 is 5.11 Å². The van der Waals surface area contributed by atoms with Gasteiger partial charge in [-0.25, -0.2) is 0 Å². The van der Waals surface area contributed by atoms with Gasteiger partial charge in [0.1, 0.15) is 0 Å². The van der Waals surface area contributed by atoms with Gasteiger partial charge in [0.05, 0.1) is 11.8 Å². The lowest BCUT2D eigenvalue weighted by Gasteiger charge is -2.24. The molecule has 0 spiro atoms. The van der Waals surface area contributed by atoms with E-state index < -0.39 is 0 Å². The number of hydrogen-bond acceptors (Lipinski definition) is 2. The third-order valence-electron chi connectivity index (χ3n) is 3.24. The molecular formula is C13H20N2O. The molecule has 1 N–H and O–H groups in total. The lowest BCUT2D eigenvalue weighted by molar-refractivity contribution is 0.0933. The molecular weight excluding hydrogens is 200 g/mol. The van der Waals surface area contributed by atoms with Gasteiger partial charge in [0.15, 0.2) is 0 Å². The van der Waals surface area contributed by atoms with Crippen molar-refractivity contribution in [1.29, 1.82) is 0 Å². The van der Waals surface area contributed by atoms with E-state index in [4.69, 9.17) is 0 Å². The van der Waals surface area contributed by atoms with E-state index in [9.17, 15) is 5.11 Å². The lowest BCUT2D eigenvalue weighted by Crippen LogP contribution is -2.18. The number of rotatable bonds is 4. The molecule has 16 heavy (non-hydrogen) atoms. The summed E-state index contributed by atoms with van der Waals surface area (Å²) in [4.78, 5) is 0. The largest absolute Gasteiger partial charge is 0.387 e. The normalized spacial score (nSPS) is 22.2. The molecule has 88 valence electrons. The molecule has 0 amide bonds. The van der Waals surface area contributed by atoms with Crippen LogP contribution in [0, 0.1) is 5.92 Å². The molecule has 2 rings (SSSR count). The highest BCUT2D eigenvalue weighted by Gasteiger charge is 2.23. The molecule has 0 fully saturated rings. The summed E-state index contributed by atoms with van der Waals surface area (Å²) in [5, 5.41) is 14.6. The molecule has 0 saturated heterocycles. The van der Waals surface area contributed by atoms with Crippen molar-refractivity contribution in [3.63, 3.8) is 0 Å². The quantitative estimate of drug-likeness (QED) is 0.792. The van der Waals surface area contributed by atoms with Crippen molar-refractivity contribution in [2.45, 2.75) is 45.3 Å². The Labute approximate surface area is 96.8 Å². The molecule has 0 aliphatic heterocycles. The number of aliphatic hydroxyl groups excluding tert-OH is 1. The van der Waals surface area contributed by atoms with Crippen LogP contribution in [0.2, 0.25) is 0 Å². The molecule has 1 aliphatic rings. The van der Waals surface area contributed by atoms with E-state index in [0.29, 0.717) is 5.92 Å². The van der Waals surface area contributed by atoms with Crippen LogP contribution >= 0.6 is 0 Å². The van der Waals surface area contributed by atoms with Gasteiger partial charge in [-0.05, 0) is 37.7 Å². The molecule has 3 heteroatoms. The van der Waals surface area contributed by atoms with Crippen molar-refractivity contribution in [3.8, 4) is 0 Å². The van der Waals surface area contributed by atoms with Gasteiger partial charge in [-0.2, -0.15) is 5.10 Å². The Morgan fingerprint density at radius 3 is 3.12 bits per heavy atom. The predicted molar refractivity (Wildman–Crippen MR) is 64.0 cm³/mol. The molecule has 1 aromatic rings. The van der Waals surface area contributed by atoms with Crippen LogP contribution in [-0.2, 0) is 6.54 Å². The minimum atomic E-state index is -0.362. The van der Waals surface area contributed by atoms with Crippen LogP contribution in [0.15, 0.2) is 24.4 Å². The summed E-state index contributed by atoms with van der Waals surface area (Å²) < 4.78 is 1.93. The fraction of sp³-hybridized carbons (Fsp3) is 0.615. The van der Waals surface area contributed by atoms with Gasteiger partial charge in [0, 0.05) is 12.7 Å². The fourth-order valence-electron chi connectivity index (χ4n) is 2.34. The summed E-state index contributed by atoms with van der Waals surface area (Å²) >= 11 is 0. The molecule has 3 nitrogen and oxygen atoms in total. The minimum Gasteiger partial charge on any atom is -0.387 e. The molecule has 0 radical (unpaired) electrons. The highest BCUT2D eigenvalue weighted by atomic mass is 16.3. The molecule has 1 aliphatic carbocycles. The Morgan fingerprint density at radius 1 is 1.56 bits per heavy atom. The fourth-order valence-corrected chi connectivity index (χ4v) is 2.34. The van der Waals surface area contributed by atoms with E-state index in [1.807, 2.05) is 10.7 Å². The van der Waals surface area contributed by atoms with Gasteiger partial charge in [-0.1, -0.05) is 19.1 Å². The summed E-state index contributed by atoms with van der Waals surface area (Å²) in [6.07, 6.45) is 10.00. The second-order valence-electron chi connectivity index (χ2n) is 4.47. The van der Waals surface area contributed by atoms with E-state index in [2.05, 4.69) is 24.2 Å². The Morgan fingerprint density at radius 2 is 2.44 bits per heavy atom. The Hall–Kier alpha value is -1.09. The summed E-state index contributed by atoms with van der Waals surface area (Å²) in [5.41, 5.74) is 0.974. The maximum Gasteiger partial charge on any atom is 0.0987 e. The van der Waals surface area contributed by atoms with Crippen molar-refractivity contribution in [2.24, 2.45) is 5.92 Å². The van der Waals surface area contributed by atoms with Crippen molar-refractivity contribution in [3.05, 3.63) is 30.1 Å². The average molecular weight is 220 g/mol. The Kier molecular flexibility index (Phi) is 3.78. The average Bonchev–Trinajstić information content (AvgIpc) is 2.78.